The van der Waals surface area contributed by atoms with Crippen LogP contribution in [0.1, 0.15) is 44.6 Å². The van der Waals surface area contributed by atoms with Crippen LogP contribution in [0, 0.1) is 5.41 Å². The zero-order chi connectivity index (χ0) is 16.9. The van der Waals surface area contributed by atoms with Gasteiger partial charge in [-0.3, -0.25) is 10.1 Å². The van der Waals surface area contributed by atoms with Gasteiger partial charge in [0.1, 0.15) is 0 Å². The number of carbonyl (C=O) groups excluding carboxylic acids is 2. The van der Waals surface area contributed by atoms with Gasteiger partial charge < -0.3 is 9.80 Å². The molecule has 1 aliphatic carbocycles. The van der Waals surface area contributed by atoms with Gasteiger partial charge >= 0.3 is 6.03 Å². The number of urea groups is 1. The van der Waals surface area contributed by atoms with Crippen LogP contribution in [0.2, 0.25) is 0 Å². The lowest BCUT2D eigenvalue weighted by Crippen LogP contribution is -2.68. The number of nitrogens with zero attached hydrogens (tertiary/aromatic N) is 2. The number of nitrogens with one attached hydrogen (secondary N) is 1. The van der Waals surface area contributed by atoms with Crippen LogP contribution in [0.15, 0.2) is 24.3 Å². The van der Waals surface area contributed by atoms with Crippen molar-refractivity contribution < 1.29 is 9.59 Å². The summed E-state index contributed by atoms with van der Waals surface area (Å²) < 4.78 is 0. The molecule has 128 valence electrons. The molecule has 3 aliphatic rings. The monoisotopic (exact) mass is 327 g/mol. The molecule has 3 fully saturated rings. The molecule has 1 aromatic carbocycles. The van der Waals surface area contributed by atoms with Crippen LogP contribution in [-0.2, 0) is 4.79 Å². The largest absolute Gasteiger partial charge is 0.370 e. The Bertz CT molecular complexity index is 654. The number of hydrogen-bond acceptors (Lipinski definition) is 3. The molecular formula is C19H25N3O2. The van der Waals surface area contributed by atoms with Gasteiger partial charge in [0.15, 0.2) is 0 Å². The van der Waals surface area contributed by atoms with Crippen molar-refractivity contribution in [3.8, 4) is 0 Å². The van der Waals surface area contributed by atoms with E-state index in [1.165, 1.54) is 11.3 Å². The van der Waals surface area contributed by atoms with Crippen molar-refractivity contribution in [2.75, 3.05) is 24.5 Å². The van der Waals surface area contributed by atoms with Crippen LogP contribution < -0.4 is 10.2 Å². The highest BCUT2D eigenvalue weighted by molar-refractivity contribution is 5.96. The van der Waals surface area contributed by atoms with E-state index in [2.05, 4.69) is 48.3 Å². The van der Waals surface area contributed by atoms with E-state index in [9.17, 15) is 9.59 Å². The van der Waals surface area contributed by atoms with Gasteiger partial charge in [-0.25, -0.2) is 4.79 Å². The highest BCUT2D eigenvalue weighted by atomic mass is 16.2. The van der Waals surface area contributed by atoms with E-state index in [-0.39, 0.29) is 11.9 Å². The van der Waals surface area contributed by atoms with Crippen molar-refractivity contribution in [2.45, 2.75) is 45.1 Å². The first-order chi connectivity index (χ1) is 11.5. The summed E-state index contributed by atoms with van der Waals surface area (Å²) in [5.41, 5.74) is 3.06. The third kappa shape index (κ3) is 2.56. The minimum absolute atomic E-state index is 0.148. The smallest absolute Gasteiger partial charge is 0.324 e. The first-order valence-electron chi connectivity index (χ1n) is 8.91. The van der Waals surface area contributed by atoms with Crippen molar-refractivity contribution >= 4 is 17.6 Å². The molecule has 2 saturated heterocycles. The topological polar surface area (TPSA) is 52.6 Å². The number of amides is 3. The lowest BCUT2D eigenvalue weighted by molar-refractivity contribution is -0.122. The molecule has 24 heavy (non-hydrogen) atoms. The van der Waals surface area contributed by atoms with E-state index in [4.69, 9.17) is 0 Å². The van der Waals surface area contributed by atoms with Crippen molar-refractivity contribution in [3.05, 3.63) is 29.8 Å². The molecule has 1 aromatic rings. The number of carbonyl (C=O) groups is 2. The lowest BCUT2D eigenvalue weighted by Gasteiger charge is -2.61. The van der Waals surface area contributed by atoms with E-state index >= 15 is 0 Å². The summed E-state index contributed by atoms with van der Waals surface area (Å²) in [6, 6.07) is 9.01. The predicted octanol–water partition coefficient (Wildman–Crippen LogP) is 2.72. The van der Waals surface area contributed by atoms with Gasteiger partial charge in [0.05, 0.1) is 0 Å². The van der Waals surface area contributed by atoms with E-state index in [1.807, 2.05) is 4.90 Å². The maximum absolute atomic E-state index is 11.9. The zero-order valence-electron chi connectivity index (χ0n) is 14.4. The first-order valence-corrected chi connectivity index (χ1v) is 8.91. The summed E-state index contributed by atoms with van der Waals surface area (Å²) in [5.74, 6) is 0.418. The Morgan fingerprint density at radius 1 is 1.12 bits per heavy atom. The molecule has 5 heteroatoms. The van der Waals surface area contributed by atoms with E-state index < -0.39 is 0 Å². The number of hydrogen-bond donors (Lipinski definition) is 1. The summed E-state index contributed by atoms with van der Waals surface area (Å²) >= 11 is 0. The second-order valence-corrected chi connectivity index (χ2v) is 7.96. The third-order valence-electron chi connectivity index (χ3n) is 5.84. The molecule has 1 spiro atoms. The van der Waals surface area contributed by atoms with E-state index in [1.54, 1.807) is 0 Å². The molecule has 3 amide bonds. The van der Waals surface area contributed by atoms with Crippen molar-refractivity contribution in [3.63, 3.8) is 0 Å². The summed E-state index contributed by atoms with van der Waals surface area (Å²) in [4.78, 5) is 27.4. The summed E-state index contributed by atoms with van der Waals surface area (Å²) in [7, 11) is 0. The van der Waals surface area contributed by atoms with Gasteiger partial charge in [-0.2, -0.15) is 0 Å². The highest BCUT2D eigenvalue weighted by Gasteiger charge is 2.54. The van der Waals surface area contributed by atoms with Gasteiger partial charge in [0.2, 0.25) is 5.91 Å². The maximum atomic E-state index is 11.9. The minimum atomic E-state index is -0.202. The Kier molecular flexibility index (Phi) is 3.55. The number of rotatable bonds is 3. The maximum Gasteiger partial charge on any atom is 0.324 e. The minimum Gasteiger partial charge on any atom is -0.370 e. The molecule has 4 rings (SSSR count). The fraction of sp³-hybridized carbons (Fsp3) is 0.579. The molecule has 2 heterocycles. The van der Waals surface area contributed by atoms with Crippen molar-refractivity contribution in [1.82, 2.24) is 10.2 Å². The summed E-state index contributed by atoms with van der Waals surface area (Å²) in [6.07, 6.45) is 2.56. The van der Waals surface area contributed by atoms with Gasteiger partial charge in [-0.05, 0) is 36.5 Å². The Hall–Kier alpha value is -2.04. The summed E-state index contributed by atoms with van der Waals surface area (Å²) in [5, 5.41) is 2.43. The Labute approximate surface area is 143 Å². The fourth-order valence-electron chi connectivity index (χ4n) is 4.36. The SMILES string of the molecule is CC(C)c1ccc(N2CC3(CC(N4CCC(=O)NC4=O)C3)C2)cc1. The van der Waals surface area contributed by atoms with Crippen molar-refractivity contribution in [2.24, 2.45) is 5.41 Å². The molecule has 5 nitrogen and oxygen atoms in total. The average molecular weight is 327 g/mol. The van der Waals surface area contributed by atoms with Crippen molar-refractivity contribution in [1.29, 1.82) is 0 Å². The van der Waals surface area contributed by atoms with Crippen LogP contribution in [0.25, 0.3) is 0 Å². The highest BCUT2D eigenvalue weighted by Crippen LogP contribution is 2.51. The van der Waals surface area contributed by atoms with Crippen LogP contribution in [-0.4, -0.2) is 42.5 Å². The summed E-state index contributed by atoms with van der Waals surface area (Å²) in [6.45, 7) is 7.17. The van der Waals surface area contributed by atoms with E-state index in [0.29, 0.717) is 30.3 Å². The van der Waals surface area contributed by atoms with Gasteiger partial charge in [0, 0.05) is 43.2 Å². The number of imide groups is 1. The predicted molar refractivity (Wildman–Crippen MR) is 93.1 cm³/mol. The molecule has 0 radical (unpaired) electrons. The van der Waals surface area contributed by atoms with E-state index in [0.717, 1.165) is 25.9 Å². The lowest BCUT2D eigenvalue weighted by atomic mass is 9.60. The molecule has 0 unspecified atom stereocenters. The Morgan fingerprint density at radius 3 is 2.38 bits per heavy atom. The van der Waals surface area contributed by atoms with Crippen LogP contribution in [0.3, 0.4) is 0 Å². The Balaban J connectivity index is 1.31. The average Bonchev–Trinajstić information content (AvgIpc) is 2.46. The second-order valence-electron chi connectivity index (χ2n) is 7.96. The molecule has 1 N–H and O–H groups in total. The second kappa shape index (κ2) is 5.50. The Morgan fingerprint density at radius 2 is 1.79 bits per heavy atom. The molecule has 0 atom stereocenters. The number of benzene rings is 1. The quantitative estimate of drug-likeness (QED) is 0.929. The molecule has 0 aromatic heterocycles. The zero-order valence-corrected chi connectivity index (χ0v) is 14.4. The van der Waals surface area contributed by atoms with Crippen LogP contribution >= 0.6 is 0 Å². The van der Waals surface area contributed by atoms with Gasteiger partial charge in [-0.15, -0.1) is 0 Å². The van der Waals surface area contributed by atoms with Crippen LogP contribution in [0.5, 0.6) is 0 Å². The molecular weight excluding hydrogens is 302 g/mol. The molecule has 2 aliphatic heterocycles. The third-order valence-corrected chi connectivity index (χ3v) is 5.84. The first kappa shape index (κ1) is 15.5. The standard InChI is InChI=1S/C19H25N3O2/c1-13(2)14-3-5-15(6-4-14)21-11-19(12-21)9-16(10-19)22-8-7-17(23)20-18(22)24/h3-6,13,16H,7-12H2,1-2H3,(H,20,23,24). The van der Waals surface area contributed by atoms with Gasteiger partial charge in [0.25, 0.3) is 0 Å². The normalized spacial score (nSPS) is 23.3. The molecule has 0 bridgehead atoms. The molecule has 1 saturated carbocycles. The number of anilines is 1. The fourth-order valence-corrected chi connectivity index (χ4v) is 4.36. The van der Waals surface area contributed by atoms with Gasteiger partial charge in [-0.1, -0.05) is 26.0 Å². The van der Waals surface area contributed by atoms with Crippen LogP contribution in [0.4, 0.5) is 10.5 Å².